The number of benzene rings is 1. The van der Waals surface area contributed by atoms with Gasteiger partial charge in [-0.15, -0.1) is 0 Å². The minimum absolute atomic E-state index is 0.288. The number of aromatic hydroxyl groups is 1. The third-order valence-electron chi connectivity index (χ3n) is 3.49. The molecule has 2 N–H and O–H groups in total. The van der Waals surface area contributed by atoms with E-state index in [4.69, 9.17) is 11.6 Å². The first-order chi connectivity index (χ1) is 8.66. The average Bonchev–Trinajstić information content (AvgIpc) is 2.35. The summed E-state index contributed by atoms with van der Waals surface area (Å²) in [5, 5.41) is 13.9. The van der Waals surface area contributed by atoms with Crippen molar-refractivity contribution in [2.24, 2.45) is 5.92 Å². The van der Waals surface area contributed by atoms with Gasteiger partial charge in [-0.2, -0.15) is 0 Å². The van der Waals surface area contributed by atoms with Crippen molar-refractivity contribution in [2.45, 2.75) is 19.4 Å². The highest BCUT2D eigenvalue weighted by molar-refractivity contribution is 6.31. The third-order valence-corrected chi connectivity index (χ3v) is 3.85. The molecule has 100 valence electrons. The van der Waals surface area contributed by atoms with Crippen LogP contribution >= 0.6 is 11.6 Å². The largest absolute Gasteiger partial charge is 0.508 e. The van der Waals surface area contributed by atoms with Crippen LogP contribution in [0.4, 0.5) is 0 Å². The van der Waals surface area contributed by atoms with Gasteiger partial charge in [-0.05, 0) is 51.0 Å². The van der Waals surface area contributed by atoms with Crippen LogP contribution in [-0.2, 0) is 6.54 Å². The predicted molar refractivity (Wildman–Crippen MR) is 75.0 cm³/mol. The standard InChI is InChI=1S/C14H21ClN2O/c1-17(9-11-4-3-7-16-8-11)10-12-13(15)5-2-6-14(12)18/h2,5-6,11,16,18H,3-4,7-10H2,1H3. The monoisotopic (exact) mass is 268 g/mol. The van der Waals surface area contributed by atoms with E-state index >= 15 is 0 Å². The van der Waals surface area contributed by atoms with Crippen LogP contribution in [0, 0.1) is 5.92 Å². The van der Waals surface area contributed by atoms with E-state index in [0.29, 0.717) is 17.5 Å². The quantitative estimate of drug-likeness (QED) is 0.881. The second-order valence-electron chi connectivity index (χ2n) is 5.15. The van der Waals surface area contributed by atoms with Crippen molar-refractivity contribution in [3.05, 3.63) is 28.8 Å². The zero-order chi connectivity index (χ0) is 13.0. The van der Waals surface area contributed by atoms with Gasteiger partial charge in [0.05, 0.1) is 0 Å². The van der Waals surface area contributed by atoms with Crippen molar-refractivity contribution in [1.29, 1.82) is 0 Å². The highest BCUT2D eigenvalue weighted by Gasteiger charge is 2.16. The van der Waals surface area contributed by atoms with Crippen LogP contribution in [0.25, 0.3) is 0 Å². The zero-order valence-corrected chi connectivity index (χ0v) is 11.6. The van der Waals surface area contributed by atoms with Gasteiger partial charge in [-0.3, -0.25) is 0 Å². The van der Waals surface area contributed by atoms with E-state index in [-0.39, 0.29) is 5.75 Å². The minimum Gasteiger partial charge on any atom is -0.508 e. The molecule has 1 heterocycles. The molecule has 1 atom stereocenters. The Bertz CT molecular complexity index is 371. The molecule has 1 saturated heterocycles. The van der Waals surface area contributed by atoms with Crippen molar-refractivity contribution in [2.75, 3.05) is 26.7 Å². The average molecular weight is 269 g/mol. The molecule has 1 aliphatic heterocycles. The summed E-state index contributed by atoms with van der Waals surface area (Å²) in [5.74, 6) is 0.990. The van der Waals surface area contributed by atoms with Crippen molar-refractivity contribution >= 4 is 11.6 Å². The SMILES string of the molecule is CN(Cc1c(O)cccc1Cl)CC1CCCNC1. The molecular formula is C14H21ClN2O. The first kappa shape index (κ1) is 13.7. The van der Waals surface area contributed by atoms with Crippen molar-refractivity contribution in [1.82, 2.24) is 10.2 Å². The summed E-state index contributed by atoms with van der Waals surface area (Å²) >= 11 is 6.12. The molecule has 0 saturated carbocycles. The zero-order valence-electron chi connectivity index (χ0n) is 10.8. The summed E-state index contributed by atoms with van der Waals surface area (Å²) in [7, 11) is 2.08. The fourth-order valence-corrected chi connectivity index (χ4v) is 2.79. The van der Waals surface area contributed by atoms with Gasteiger partial charge < -0.3 is 15.3 Å². The maximum absolute atomic E-state index is 9.82. The normalized spacial score (nSPS) is 20.3. The Morgan fingerprint density at radius 2 is 2.33 bits per heavy atom. The lowest BCUT2D eigenvalue weighted by atomic mass is 9.99. The van der Waals surface area contributed by atoms with Crippen LogP contribution in [0.5, 0.6) is 5.75 Å². The summed E-state index contributed by atoms with van der Waals surface area (Å²) < 4.78 is 0. The Labute approximate surface area is 114 Å². The molecule has 0 aromatic heterocycles. The number of nitrogens with zero attached hydrogens (tertiary/aromatic N) is 1. The summed E-state index contributed by atoms with van der Waals surface area (Å²) in [6.45, 7) is 3.98. The van der Waals surface area contributed by atoms with Crippen molar-refractivity contribution in [3.63, 3.8) is 0 Å². The lowest BCUT2D eigenvalue weighted by Gasteiger charge is -2.28. The Morgan fingerprint density at radius 3 is 3.00 bits per heavy atom. The molecule has 3 nitrogen and oxygen atoms in total. The van der Waals surface area contributed by atoms with E-state index < -0.39 is 0 Å². The number of nitrogens with one attached hydrogen (secondary N) is 1. The summed E-state index contributed by atoms with van der Waals surface area (Å²) in [6.07, 6.45) is 2.54. The molecule has 2 rings (SSSR count). The summed E-state index contributed by atoms with van der Waals surface area (Å²) in [5.41, 5.74) is 0.824. The summed E-state index contributed by atoms with van der Waals surface area (Å²) in [6, 6.07) is 5.29. The maximum atomic E-state index is 9.82. The molecule has 4 heteroatoms. The fourth-order valence-electron chi connectivity index (χ4n) is 2.56. The second-order valence-corrected chi connectivity index (χ2v) is 5.55. The van der Waals surface area contributed by atoms with Crippen LogP contribution in [0.15, 0.2) is 18.2 Å². The van der Waals surface area contributed by atoms with E-state index in [0.717, 1.165) is 25.2 Å². The van der Waals surface area contributed by atoms with E-state index in [9.17, 15) is 5.11 Å². The van der Waals surface area contributed by atoms with Crippen LogP contribution in [0.2, 0.25) is 5.02 Å². The molecule has 0 radical (unpaired) electrons. The van der Waals surface area contributed by atoms with Crippen LogP contribution in [0.1, 0.15) is 18.4 Å². The third kappa shape index (κ3) is 3.61. The highest BCUT2D eigenvalue weighted by atomic mass is 35.5. The molecular weight excluding hydrogens is 248 g/mol. The number of hydrogen-bond acceptors (Lipinski definition) is 3. The molecule has 0 spiro atoms. The van der Waals surface area contributed by atoms with Crippen LogP contribution in [-0.4, -0.2) is 36.7 Å². The smallest absolute Gasteiger partial charge is 0.121 e. The molecule has 1 unspecified atom stereocenters. The van der Waals surface area contributed by atoms with Gasteiger partial charge in [-0.1, -0.05) is 17.7 Å². The van der Waals surface area contributed by atoms with Gasteiger partial charge in [0.1, 0.15) is 5.75 Å². The first-order valence-electron chi connectivity index (χ1n) is 6.52. The van der Waals surface area contributed by atoms with E-state index in [1.54, 1.807) is 12.1 Å². The van der Waals surface area contributed by atoms with E-state index in [1.807, 2.05) is 6.07 Å². The van der Waals surface area contributed by atoms with E-state index in [2.05, 4.69) is 17.3 Å². The number of halogens is 1. The van der Waals surface area contributed by atoms with Gasteiger partial charge >= 0.3 is 0 Å². The molecule has 0 aliphatic carbocycles. The number of piperidine rings is 1. The number of phenolic OH excluding ortho intramolecular Hbond substituents is 1. The number of hydrogen-bond donors (Lipinski definition) is 2. The lowest BCUT2D eigenvalue weighted by Crippen LogP contribution is -2.36. The Balaban J connectivity index is 1.92. The van der Waals surface area contributed by atoms with Gasteiger partial charge in [0.15, 0.2) is 0 Å². The molecule has 1 fully saturated rings. The first-order valence-corrected chi connectivity index (χ1v) is 6.90. The molecule has 0 amide bonds. The fraction of sp³-hybridized carbons (Fsp3) is 0.571. The van der Waals surface area contributed by atoms with Gasteiger partial charge in [0.25, 0.3) is 0 Å². The molecule has 1 aliphatic rings. The van der Waals surface area contributed by atoms with Crippen LogP contribution < -0.4 is 5.32 Å². The molecule has 1 aromatic rings. The van der Waals surface area contributed by atoms with Crippen molar-refractivity contribution in [3.8, 4) is 5.75 Å². The van der Waals surface area contributed by atoms with Crippen molar-refractivity contribution < 1.29 is 5.11 Å². The molecule has 1 aromatic carbocycles. The number of rotatable bonds is 4. The van der Waals surface area contributed by atoms with Gasteiger partial charge in [-0.25, -0.2) is 0 Å². The van der Waals surface area contributed by atoms with Crippen LogP contribution in [0.3, 0.4) is 0 Å². The topological polar surface area (TPSA) is 35.5 Å². The number of phenols is 1. The second kappa shape index (κ2) is 6.41. The molecule has 0 bridgehead atoms. The Morgan fingerprint density at radius 1 is 1.50 bits per heavy atom. The lowest BCUT2D eigenvalue weighted by molar-refractivity contribution is 0.235. The minimum atomic E-state index is 0.288. The van der Waals surface area contributed by atoms with E-state index in [1.165, 1.54) is 12.8 Å². The van der Waals surface area contributed by atoms with Gasteiger partial charge in [0.2, 0.25) is 0 Å². The van der Waals surface area contributed by atoms with Gasteiger partial charge in [0, 0.05) is 23.7 Å². The summed E-state index contributed by atoms with van der Waals surface area (Å²) in [4.78, 5) is 2.23. The Hall–Kier alpha value is -0.770. The Kier molecular flexibility index (Phi) is 4.87. The molecule has 18 heavy (non-hydrogen) atoms. The highest BCUT2D eigenvalue weighted by Crippen LogP contribution is 2.26. The maximum Gasteiger partial charge on any atom is 0.121 e. The predicted octanol–water partition coefficient (Wildman–Crippen LogP) is 2.48.